The van der Waals surface area contributed by atoms with Gasteiger partial charge in [-0.1, -0.05) is 11.3 Å². The van der Waals surface area contributed by atoms with Gasteiger partial charge in [0.15, 0.2) is 0 Å². The first-order valence-corrected chi connectivity index (χ1v) is 9.20. The predicted molar refractivity (Wildman–Crippen MR) is 108 cm³/mol. The summed E-state index contributed by atoms with van der Waals surface area (Å²) in [4.78, 5) is 20.6. The van der Waals surface area contributed by atoms with Crippen LogP contribution in [0.3, 0.4) is 0 Å². The SMILES string of the molecule is COc1ccc(-c2nc(-c3ccc(N)cc3)[nH]c2C(=O)Nc2nncs2)cc1. The second-order valence-electron chi connectivity index (χ2n) is 5.86. The molecule has 0 fully saturated rings. The first-order chi connectivity index (χ1) is 13.6. The summed E-state index contributed by atoms with van der Waals surface area (Å²) in [7, 11) is 1.60. The first kappa shape index (κ1) is 17.7. The van der Waals surface area contributed by atoms with E-state index in [9.17, 15) is 4.79 Å². The van der Waals surface area contributed by atoms with Crippen molar-refractivity contribution < 1.29 is 9.53 Å². The number of methoxy groups -OCH3 is 1. The van der Waals surface area contributed by atoms with E-state index in [1.807, 2.05) is 36.4 Å². The van der Waals surface area contributed by atoms with Gasteiger partial charge in [-0.3, -0.25) is 10.1 Å². The van der Waals surface area contributed by atoms with Gasteiger partial charge in [0.25, 0.3) is 5.91 Å². The van der Waals surface area contributed by atoms with Gasteiger partial charge in [0.05, 0.1) is 7.11 Å². The van der Waals surface area contributed by atoms with Crippen molar-refractivity contribution in [1.82, 2.24) is 20.2 Å². The fourth-order valence-electron chi connectivity index (χ4n) is 2.66. The van der Waals surface area contributed by atoms with Gasteiger partial charge < -0.3 is 15.5 Å². The molecule has 1 amide bonds. The number of carbonyl (C=O) groups excluding carboxylic acids is 1. The van der Waals surface area contributed by atoms with Crippen molar-refractivity contribution in [3.63, 3.8) is 0 Å². The topological polar surface area (TPSA) is 119 Å². The summed E-state index contributed by atoms with van der Waals surface area (Å²) in [6.45, 7) is 0. The molecule has 2 aromatic carbocycles. The highest BCUT2D eigenvalue weighted by molar-refractivity contribution is 7.13. The van der Waals surface area contributed by atoms with E-state index >= 15 is 0 Å². The third-order valence-corrected chi connectivity index (χ3v) is 4.67. The molecule has 2 heterocycles. The number of amides is 1. The van der Waals surface area contributed by atoms with Crippen molar-refractivity contribution in [3.05, 3.63) is 59.7 Å². The molecule has 140 valence electrons. The number of H-pyrrole nitrogens is 1. The first-order valence-electron chi connectivity index (χ1n) is 8.32. The Kier molecular flexibility index (Phi) is 4.73. The van der Waals surface area contributed by atoms with Gasteiger partial charge in [0.1, 0.15) is 28.5 Å². The number of benzene rings is 2. The monoisotopic (exact) mass is 392 g/mol. The molecule has 0 unspecified atom stereocenters. The zero-order valence-corrected chi connectivity index (χ0v) is 15.7. The van der Waals surface area contributed by atoms with E-state index in [4.69, 9.17) is 10.5 Å². The number of anilines is 2. The quantitative estimate of drug-likeness (QED) is 0.448. The van der Waals surface area contributed by atoms with E-state index in [2.05, 4.69) is 25.5 Å². The number of hydrogen-bond acceptors (Lipinski definition) is 7. The average Bonchev–Trinajstić information content (AvgIpc) is 3.38. The minimum absolute atomic E-state index is 0.326. The summed E-state index contributed by atoms with van der Waals surface area (Å²) < 4.78 is 5.21. The molecule has 0 radical (unpaired) electrons. The van der Waals surface area contributed by atoms with Crippen LogP contribution in [-0.4, -0.2) is 33.2 Å². The zero-order valence-electron chi connectivity index (χ0n) is 14.8. The summed E-state index contributed by atoms with van der Waals surface area (Å²) >= 11 is 1.24. The molecule has 9 heteroatoms. The molecule has 0 spiro atoms. The maximum Gasteiger partial charge on any atom is 0.276 e. The smallest absolute Gasteiger partial charge is 0.276 e. The summed E-state index contributed by atoms with van der Waals surface area (Å²) in [5.41, 5.74) is 10.4. The Morgan fingerprint density at radius 2 is 1.82 bits per heavy atom. The minimum atomic E-state index is -0.350. The van der Waals surface area contributed by atoms with Crippen LogP contribution in [0.25, 0.3) is 22.6 Å². The van der Waals surface area contributed by atoms with Crippen molar-refractivity contribution in [2.45, 2.75) is 0 Å². The number of aromatic nitrogens is 4. The van der Waals surface area contributed by atoms with Crippen LogP contribution in [0.15, 0.2) is 54.0 Å². The van der Waals surface area contributed by atoms with Crippen LogP contribution in [0.2, 0.25) is 0 Å². The second kappa shape index (κ2) is 7.49. The Balaban J connectivity index is 1.77. The zero-order chi connectivity index (χ0) is 19.5. The number of nitrogens with zero attached hydrogens (tertiary/aromatic N) is 3. The Labute approximate surface area is 164 Å². The largest absolute Gasteiger partial charge is 0.497 e. The van der Waals surface area contributed by atoms with Gasteiger partial charge in [0, 0.05) is 16.8 Å². The molecule has 28 heavy (non-hydrogen) atoms. The Morgan fingerprint density at radius 1 is 1.11 bits per heavy atom. The normalized spacial score (nSPS) is 10.6. The molecule has 8 nitrogen and oxygen atoms in total. The van der Waals surface area contributed by atoms with E-state index in [1.165, 1.54) is 11.3 Å². The maximum atomic E-state index is 12.8. The number of imidazole rings is 1. The lowest BCUT2D eigenvalue weighted by molar-refractivity contribution is 0.102. The highest BCUT2D eigenvalue weighted by atomic mass is 32.1. The fraction of sp³-hybridized carbons (Fsp3) is 0.0526. The highest BCUT2D eigenvalue weighted by Crippen LogP contribution is 2.28. The predicted octanol–water partition coefficient (Wildman–Crippen LogP) is 3.44. The maximum absolute atomic E-state index is 12.8. The van der Waals surface area contributed by atoms with Crippen LogP contribution in [0.1, 0.15) is 10.5 Å². The van der Waals surface area contributed by atoms with E-state index < -0.39 is 0 Å². The molecule has 0 aliphatic heterocycles. The standard InChI is InChI=1S/C19H16N6O2S/c1-27-14-8-4-11(5-9-14)15-16(18(26)24-19-25-21-10-28-19)23-17(22-15)12-2-6-13(20)7-3-12/h2-10H,20H2,1H3,(H,22,23)(H,24,25,26). The summed E-state index contributed by atoms with van der Waals surface area (Å²) in [5, 5.41) is 10.7. The van der Waals surface area contributed by atoms with Crippen LogP contribution >= 0.6 is 11.3 Å². The number of nitrogens with two attached hydrogens (primary N) is 1. The van der Waals surface area contributed by atoms with Crippen molar-refractivity contribution in [1.29, 1.82) is 0 Å². The van der Waals surface area contributed by atoms with E-state index in [1.54, 1.807) is 24.8 Å². The lowest BCUT2D eigenvalue weighted by Gasteiger charge is -2.04. The van der Waals surface area contributed by atoms with E-state index in [0.717, 1.165) is 16.9 Å². The molecule has 0 saturated heterocycles. The van der Waals surface area contributed by atoms with E-state index in [-0.39, 0.29) is 5.91 Å². The van der Waals surface area contributed by atoms with Crippen LogP contribution < -0.4 is 15.8 Å². The van der Waals surface area contributed by atoms with Crippen molar-refractivity contribution in [2.75, 3.05) is 18.2 Å². The fourth-order valence-corrected chi connectivity index (χ4v) is 3.10. The summed E-state index contributed by atoms with van der Waals surface area (Å²) in [6, 6.07) is 14.6. The molecule has 4 N–H and O–H groups in total. The van der Waals surface area contributed by atoms with Crippen molar-refractivity contribution >= 4 is 28.1 Å². The van der Waals surface area contributed by atoms with Crippen LogP contribution in [0.5, 0.6) is 5.75 Å². The van der Waals surface area contributed by atoms with Crippen LogP contribution in [0, 0.1) is 0 Å². The number of nitrogen functional groups attached to an aromatic ring is 1. The van der Waals surface area contributed by atoms with Crippen LogP contribution in [0.4, 0.5) is 10.8 Å². The Hall–Kier alpha value is -3.72. The molecule has 0 saturated carbocycles. The molecule has 0 aliphatic carbocycles. The van der Waals surface area contributed by atoms with Gasteiger partial charge >= 0.3 is 0 Å². The Bertz CT molecular complexity index is 1090. The third-order valence-electron chi connectivity index (χ3n) is 4.06. The van der Waals surface area contributed by atoms with Gasteiger partial charge in [0.2, 0.25) is 5.13 Å². The van der Waals surface area contributed by atoms with E-state index in [0.29, 0.717) is 28.0 Å². The number of ether oxygens (including phenoxy) is 1. The number of carbonyl (C=O) groups is 1. The van der Waals surface area contributed by atoms with Crippen molar-refractivity contribution in [3.8, 4) is 28.4 Å². The molecule has 0 aliphatic rings. The van der Waals surface area contributed by atoms with Gasteiger partial charge in [-0.05, 0) is 48.5 Å². The van der Waals surface area contributed by atoms with Crippen molar-refractivity contribution in [2.24, 2.45) is 0 Å². The molecular formula is C19H16N6O2S. The second-order valence-corrected chi connectivity index (χ2v) is 6.69. The number of rotatable bonds is 5. The van der Waals surface area contributed by atoms with Crippen LogP contribution in [-0.2, 0) is 0 Å². The van der Waals surface area contributed by atoms with Gasteiger partial charge in [-0.2, -0.15) is 0 Å². The Morgan fingerprint density at radius 3 is 2.46 bits per heavy atom. The minimum Gasteiger partial charge on any atom is -0.497 e. The molecule has 4 aromatic rings. The summed E-state index contributed by atoms with van der Waals surface area (Å²) in [6.07, 6.45) is 0. The summed E-state index contributed by atoms with van der Waals surface area (Å²) in [5.74, 6) is 0.933. The lowest BCUT2D eigenvalue weighted by atomic mass is 10.1. The van der Waals surface area contributed by atoms with Gasteiger partial charge in [-0.15, -0.1) is 10.2 Å². The highest BCUT2D eigenvalue weighted by Gasteiger charge is 2.20. The number of nitrogens with one attached hydrogen (secondary N) is 2. The number of hydrogen-bond donors (Lipinski definition) is 3. The molecule has 0 bridgehead atoms. The number of aromatic amines is 1. The molecule has 0 atom stereocenters. The molecule has 2 aromatic heterocycles. The third kappa shape index (κ3) is 3.55. The molecular weight excluding hydrogens is 376 g/mol. The molecule has 4 rings (SSSR count). The average molecular weight is 392 g/mol. The lowest BCUT2D eigenvalue weighted by Crippen LogP contribution is -2.13. The van der Waals surface area contributed by atoms with Gasteiger partial charge in [-0.25, -0.2) is 4.98 Å².